The molecule has 22 heavy (non-hydrogen) atoms. The van der Waals surface area contributed by atoms with Crippen molar-refractivity contribution in [1.82, 2.24) is 0 Å². The molecule has 0 aliphatic heterocycles. The molecule has 2 heteroatoms. The lowest BCUT2D eigenvalue weighted by atomic mass is 9.71. The van der Waals surface area contributed by atoms with Gasteiger partial charge in [-0.15, -0.1) is 0 Å². The highest BCUT2D eigenvalue weighted by Crippen LogP contribution is 2.46. The molecule has 1 aliphatic carbocycles. The van der Waals surface area contributed by atoms with Crippen molar-refractivity contribution < 1.29 is 9.59 Å². The Morgan fingerprint density at radius 2 is 1.27 bits per heavy atom. The quantitative estimate of drug-likeness (QED) is 0.472. The fourth-order valence-electron chi connectivity index (χ4n) is 3.28. The highest BCUT2D eigenvalue weighted by atomic mass is 16.2. The number of hydrogen-bond acceptors (Lipinski definition) is 2. The molecule has 0 bridgehead atoms. The number of allylic oxidation sites excluding steroid dienone is 1. The van der Waals surface area contributed by atoms with Gasteiger partial charge in [-0.25, -0.2) is 0 Å². The minimum atomic E-state index is -1.09. The number of carbonyl (C=O) groups is 2. The molecule has 0 unspecified atom stereocenters. The Morgan fingerprint density at radius 1 is 0.818 bits per heavy atom. The summed E-state index contributed by atoms with van der Waals surface area (Å²) in [6.07, 6.45) is 2.11. The molecule has 0 amide bonds. The maximum Gasteiger partial charge on any atom is 0.180 e. The van der Waals surface area contributed by atoms with Crippen LogP contribution in [-0.2, 0) is 0 Å². The number of benzene rings is 2. The summed E-state index contributed by atoms with van der Waals surface area (Å²) in [7, 11) is 0. The number of carbonyl (C=O) groups excluding carboxylic acids is 2. The van der Waals surface area contributed by atoms with E-state index in [1.807, 2.05) is 36.4 Å². The molecule has 0 N–H and O–H groups in total. The Bertz CT molecular complexity index is 662. The van der Waals surface area contributed by atoms with Crippen molar-refractivity contribution in [1.29, 1.82) is 0 Å². The normalized spacial score (nSPS) is 16.5. The van der Waals surface area contributed by atoms with Crippen molar-refractivity contribution in [3.05, 3.63) is 83.9 Å². The molecule has 0 spiro atoms. The van der Waals surface area contributed by atoms with E-state index in [2.05, 4.69) is 6.58 Å². The highest BCUT2D eigenvalue weighted by molar-refractivity contribution is 6.22. The molecule has 0 radical (unpaired) electrons. The molecule has 0 heterocycles. The first-order valence-corrected chi connectivity index (χ1v) is 7.54. The predicted octanol–water partition coefficient (Wildman–Crippen LogP) is 4.48. The maximum atomic E-state index is 13.1. The Morgan fingerprint density at radius 3 is 1.64 bits per heavy atom. The molecule has 2 nitrogen and oxygen atoms in total. The summed E-state index contributed by atoms with van der Waals surface area (Å²) in [5, 5.41) is 0. The first-order chi connectivity index (χ1) is 10.7. The molecule has 1 fully saturated rings. The van der Waals surface area contributed by atoms with E-state index in [1.54, 1.807) is 24.3 Å². The van der Waals surface area contributed by atoms with E-state index in [0.717, 1.165) is 18.4 Å². The molecule has 110 valence electrons. The Balaban J connectivity index is 2.09. The third kappa shape index (κ3) is 2.21. The van der Waals surface area contributed by atoms with Gasteiger partial charge in [-0.1, -0.05) is 72.8 Å². The van der Waals surface area contributed by atoms with Gasteiger partial charge in [0.1, 0.15) is 5.41 Å². The van der Waals surface area contributed by atoms with Crippen LogP contribution in [0.25, 0.3) is 0 Å². The largest absolute Gasteiger partial charge is 0.293 e. The standard InChI is InChI=1S/C20H18O2/c1-15-9-8-14-20(15,18(21)16-10-4-2-5-11-16)19(22)17-12-6-3-7-13-17/h2-7,10-13H,1,8-9,14H2. The molecule has 0 aromatic heterocycles. The molecular formula is C20H18O2. The van der Waals surface area contributed by atoms with Gasteiger partial charge in [0.15, 0.2) is 11.6 Å². The Labute approximate surface area is 130 Å². The molecule has 1 saturated carbocycles. The van der Waals surface area contributed by atoms with Crippen molar-refractivity contribution in [3.8, 4) is 0 Å². The van der Waals surface area contributed by atoms with Gasteiger partial charge >= 0.3 is 0 Å². The SMILES string of the molecule is C=C1CCCC1(C(=O)c1ccccc1)C(=O)c1ccccc1. The minimum absolute atomic E-state index is 0.121. The number of hydrogen-bond donors (Lipinski definition) is 0. The van der Waals surface area contributed by atoms with Gasteiger partial charge in [-0.05, 0) is 19.3 Å². The molecule has 3 rings (SSSR count). The summed E-state index contributed by atoms with van der Waals surface area (Å²) in [5.41, 5.74) is 0.808. The van der Waals surface area contributed by atoms with Crippen molar-refractivity contribution in [2.24, 2.45) is 5.41 Å². The molecule has 0 atom stereocenters. The Kier molecular flexibility index (Phi) is 3.76. The first kappa shape index (κ1) is 14.5. The lowest BCUT2D eigenvalue weighted by Gasteiger charge is -2.27. The van der Waals surface area contributed by atoms with Gasteiger partial charge in [-0.3, -0.25) is 9.59 Å². The fourth-order valence-corrected chi connectivity index (χ4v) is 3.28. The summed E-state index contributed by atoms with van der Waals surface area (Å²) in [4.78, 5) is 26.2. The van der Waals surface area contributed by atoms with Gasteiger partial charge < -0.3 is 0 Å². The second-order valence-corrected chi connectivity index (χ2v) is 5.75. The van der Waals surface area contributed by atoms with Crippen molar-refractivity contribution in [2.75, 3.05) is 0 Å². The summed E-state index contributed by atoms with van der Waals surface area (Å²) in [6, 6.07) is 18.1. The molecule has 1 aliphatic rings. The minimum Gasteiger partial charge on any atom is -0.293 e. The maximum absolute atomic E-state index is 13.1. The van der Waals surface area contributed by atoms with Gasteiger partial charge in [0.2, 0.25) is 0 Å². The van der Waals surface area contributed by atoms with Crippen LogP contribution >= 0.6 is 0 Å². The zero-order valence-electron chi connectivity index (χ0n) is 12.4. The van der Waals surface area contributed by atoms with E-state index in [4.69, 9.17) is 0 Å². The molecule has 0 saturated heterocycles. The van der Waals surface area contributed by atoms with Crippen LogP contribution in [0.4, 0.5) is 0 Å². The van der Waals surface area contributed by atoms with Crippen LogP contribution < -0.4 is 0 Å². The molecular weight excluding hydrogens is 272 g/mol. The van der Waals surface area contributed by atoms with E-state index in [1.165, 1.54) is 0 Å². The monoisotopic (exact) mass is 290 g/mol. The summed E-state index contributed by atoms with van der Waals surface area (Å²) < 4.78 is 0. The highest BCUT2D eigenvalue weighted by Gasteiger charge is 2.50. The van der Waals surface area contributed by atoms with Crippen LogP contribution in [0.2, 0.25) is 0 Å². The average molecular weight is 290 g/mol. The van der Waals surface area contributed by atoms with Crippen molar-refractivity contribution >= 4 is 11.6 Å². The second-order valence-electron chi connectivity index (χ2n) is 5.75. The third-order valence-electron chi connectivity index (χ3n) is 4.48. The third-order valence-corrected chi connectivity index (χ3v) is 4.48. The molecule has 2 aromatic rings. The van der Waals surface area contributed by atoms with Gasteiger partial charge in [0.25, 0.3) is 0 Å². The van der Waals surface area contributed by atoms with Crippen LogP contribution in [0.3, 0.4) is 0 Å². The Hall–Kier alpha value is -2.48. The van der Waals surface area contributed by atoms with E-state index in [-0.39, 0.29) is 11.6 Å². The number of Topliss-reactive ketones (excluding diaryl/α,β-unsaturated/α-hetero) is 2. The van der Waals surface area contributed by atoms with E-state index >= 15 is 0 Å². The smallest absolute Gasteiger partial charge is 0.180 e. The van der Waals surface area contributed by atoms with Crippen LogP contribution in [0, 0.1) is 5.41 Å². The first-order valence-electron chi connectivity index (χ1n) is 7.54. The zero-order chi connectivity index (χ0) is 15.6. The average Bonchev–Trinajstić information content (AvgIpc) is 2.97. The lowest BCUT2D eigenvalue weighted by Crippen LogP contribution is -2.38. The summed E-state index contributed by atoms with van der Waals surface area (Å²) in [5.74, 6) is -0.242. The van der Waals surface area contributed by atoms with Crippen molar-refractivity contribution in [3.63, 3.8) is 0 Å². The van der Waals surface area contributed by atoms with E-state index in [0.29, 0.717) is 17.5 Å². The van der Waals surface area contributed by atoms with Crippen molar-refractivity contribution in [2.45, 2.75) is 19.3 Å². The van der Waals surface area contributed by atoms with Gasteiger partial charge in [0.05, 0.1) is 0 Å². The van der Waals surface area contributed by atoms with Crippen LogP contribution in [0.15, 0.2) is 72.8 Å². The van der Waals surface area contributed by atoms with Gasteiger partial charge in [-0.2, -0.15) is 0 Å². The molecule has 2 aromatic carbocycles. The predicted molar refractivity (Wildman–Crippen MR) is 87.0 cm³/mol. The van der Waals surface area contributed by atoms with E-state index < -0.39 is 5.41 Å². The number of rotatable bonds is 4. The van der Waals surface area contributed by atoms with Gasteiger partial charge in [0, 0.05) is 11.1 Å². The summed E-state index contributed by atoms with van der Waals surface area (Å²) in [6.45, 7) is 4.06. The van der Waals surface area contributed by atoms with Crippen LogP contribution in [-0.4, -0.2) is 11.6 Å². The fraction of sp³-hybridized carbons (Fsp3) is 0.200. The topological polar surface area (TPSA) is 34.1 Å². The van der Waals surface area contributed by atoms with E-state index in [9.17, 15) is 9.59 Å². The van der Waals surface area contributed by atoms with Crippen LogP contribution in [0.5, 0.6) is 0 Å². The van der Waals surface area contributed by atoms with Crippen LogP contribution in [0.1, 0.15) is 40.0 Å². The summed E-state index contributed by atoms with van der Waals surface area (Å²) >= 11 is 0. The number of ketones is 2. The lowest BCUT2D eigenvalue weighted by molar-refractivity contribution is 0.0719. The second kappa shape index (κ2) is 5.72. The zero-order valence-corrected chi connectivity index (χ0v) is 12.4.